The summed E-state index contributed by atoms with van der Waals surface area (Å²) < 4.78 is 31.2. The molecule has 3 fully saturated rings. The first-order valence-corrected chi connectivity index (χ1v) is 21.3. The smallest absolute Gasteiger partial charge is 0.410 e. The number of likely N-dealkylation sites (N-methyl/N-ethyl adjacent to an activating group) is 1. The van der Waals surface area contributed by atoms with Crippen molar-refractivity contribution in [2.24, 2.45) is 23.7 Å². The van der Waals surface area contributed by atoms with Crippen molar-refractivity contribution in [3.05, 3.63) is 36.5 Å². The molecule has 3 saturated heterocycles. The minimum atomic E-state index is -1.39. The minimum absolute atomic E-state index is 0.134. The van der Waals surface area contributed by atoms with Gasteiger partial charge in [-0.05, 0) is 85.4 Å². The molecule has 1 aromatic carbocycles. The molecule has 3 aliphatic heterocycles. The third-order valence-corrected chi connectivity index (χ3v) is 13.6. The van der Waals surface area contributed by atoms with Crippen LogP contribution in [0.15, 0.2) is 41.4 Å². The monoisotopic (exact) mass is 813 g/mol. The Morgan fingerprint density at radius 1 is 1.04 bits per heavy atom. The Morgan fingerprint density at radius 3 is 2.40 bits per heavy atom. The first kappa shape index (κ1) is 45.0. The van der Waals surface area contributed by atoms with Crippen LogP contribution in [0.4, 0.5) is 4.79 Å². The summed E-state index contributed by atoms with van der Waals surface area (Å²) in [5.74, 6) is -4.24. The number of thioether (sulfide) groups is 1. The van der Waals surface area contributed by atoms with Gasteiger partial charge in [0.2, 0.25) is 0 Å². The summed E-state index contributed by atoms with van der Waals surface area (Å²) in [5, 5.41) is 12.5. The molecule has 0 radical (unpaired) electrons. The van der Waals surface area contributed by atoms with E-state index in [9.17, 15) is 24.3 Å². The zero-order chi connectivity index (χ0) is 42.0. The van der Waals surface area contributed by atoms with Gasteiger partial charge in [0.05, 0.1) is 29.4 Å². The molecule has 4 heterocycles. The van der Waals surface area contributed by atoms with E-state index in [0.717, 1.165) is 15.8 Å². The predicted octanol–water partition coefficient (Wildman–Crippen LogP) is 5.92. The second kappa shape index (κ2) is 18.4. The van der Waals surface area contributed by atoms with Crippen LogP contribution in [-0.2, 0) is 38.1 Å². The summed E-state index contributed by atoms with van der Waals surface area (Å²) in [6, 6.07) is 8.95. The van der Waals surface area contributed by atoms with Crippen molar-refractivity contribution in [1.29, 1.82) is 0 Å². The maximum absolute atomic E-state index is 14.7. The van der Waals surface area contributed by atoms with E-state index in [1.807, 2.05) is 70.2 Å². The number of pyridine rings is 1. The van der Waals surface area contributed by atoms with Crippen LogP contribution < -0.4 is 0 Å². The summed E-state index contributed by atoms with van der Waals surface area (Å²) in [6.45, 7) is 14.3. The predicted molar refractivity (Wildman–Crippen MR) is 217 cm³/mol. The average Bonchev–Trinajstić information content (AvgIpc) is 3.45. The largest absolute Gasteiger partial charge is 0.458 e. The first-order valence-electron chi connectivity index (χ1n) is 20.3. The second-order valence-electron chi connectivity index (χ2n) is 16.9. The number of para-hydroxylation sites is 1. The number of carbonyl (C=O) groups excluding carboxylic acids is 4. The Kier molecular flexibility index (Phi) is 14.5. The molecule has 0 aliphatic carbocycles. The lowest BCUT2D eigenvalue weighted by molar-refractivity contribution is -0.295. The summed E-state index contributed by atoms with van der Waals surface area (Å²) in [6.07, 6.45) is -1.58. The summed E-state index contributed by atoms with van der Waals surface area (Å²) in [5.41, 5.74) is -1.74. The fourth-order valence-corrected chi connectivity index (χ4v) is 10.1. The number of carbonyl (C=O) groups is 4. The van der Waals surface area contributed by atoms with Crippen molar-refractivity contribution in [1.82, 2.24) is 14.8 Å². The number of amides is 1. The highest BCUT2D eigenvalue weighted by atomic mass is 32.2. The number of Topliss-reactive ketones (excluding diaryl/α,β-unsaturated/α-hetero) is 2. The number of ether oxygens (including phenoxy) is 5. The maximum Gasteiger partial charge on any atom is 0.410 e. The van der Waals surface area contributed by atoms with Crippen molar-refractivity contribution in [2.75, 3.05) is 33.5 Å². The van der Waals surface area contributed by atoms with Crippen LogP contribution in [0.25, 0.3) is 10.9 Å². The van der Waals surface area contributed by atoms with E-state index in [1.165, 1.54) is 14.0 Å². The zero-order valence-corrected chi connectivity index (χ0v) is 36.2. The highest BCUT2D eigenvalue weighted by Crippen LogP contribution is 2.43. The Morgan fingerprint density at radius 2 is 1.74 bits per heavy atom. The van der Waals surface area contributed by atoms with Crippen LogP contribution in [0.2, 0.25) is 0 Å². The molecule has 316 valence electrons. The normalized spacial score (nSPS) is 37.2. The number of benzene rings is 1. The van der Waals surface area contributed by atoms with E-state index in [0.29, 0.717) is 25.1 Å². The van der Waals surface area contributed by atoms with Gasteiger partial charge >= 0.3 is 12.1 Å². The first-order chi connectivity index (χ1) is 26.9. The van der Waals surface area contributed by atoms with Gasteiger partial charge in [-0.2, -0.15) is 0 Å². The number of aromatic nitrogens is 1. The van der Waals surface area contributed by atoms with Gasteiger partial charge in [0.1, 0.15) is 23.9 Å². The van der Waals surface area contributed by atoms with Gasteiger partial charge in [0.25, 0.3) is 0 Å². The molecule has 0 bridgehead atoms. The topological polar surface area (TPSA) is 154 Å². The summed E-state index contributed by atoms with van der Waals surface area (Å²) >= 11 is 1.63. The Labute approximate surface area is 341 Å². The van der Waals surface area contributed by atoms with E-state index in [1.54, 1.807) is 44.4 Å². The van der Waals surface area contributed by atoms with Crippen molar-refractivity contribution in [2.45, 2.75) is 140 Å². The minimum Gasteiger partial charge on any atom is -0.458 e. The second-order valence-corrected chi connectivity index (χ2v) is 18.1. The van der Waals surface area contributed by atoms with Crippen molar-refractivity contribution < 1.29 is 48.0 Å². The van der Waals surface area contributed by atoms with E-state index in [2.05, 4.69) is 11.1 Å². The van der Waals surface area contributed by atoms with Gasteiger partial charge in [-0.25, -0.2) is 4.79 Å². The molecule has 3 aliphatic rings. The van der Waals surface area contributed by atoms with E-state index >= 15 is 0 Å². The van der Waals surface area contributed by atoms with Gasteiger partial charge < -0.3 is 38.6 Å². The number of hydrogen-bond acceptors (Lipinski definition) is 13. The highest BCUT2D eigenvalue weighted by molar-refractivity contribution is 7.99. The molecule has 1 amide bonds. The number of aliphatic hydroxyl groups is 1. The number of fused-ring (bicyclic) bond motifs is 2. The molecule has 1 N–H and O–H groups in total. The Balaban J connectivity index is 1.45. The van der Waals surface area contributed by atoms with E-state index in [4.69, 9.17) is 23.7 Å². The van der Waals surface area contributed by atoms with Crippen LogP contribution in [0.5, 0.6) is 0 Å². The molecular weight excluding hydrogens is 751 g/mol. The van der Waals surface area contributed by atoms with Crippen LogP contribution in [0.1, 0.15) is 81.1 Å². The third kappa shape index (κ3) is 9.36. The zero-order valence-electron chi connectivity index (χ0n) is 35.4. The lowest BCUT2D eigenvalue weighted by Gasteiger charge is -2.47. The van der Waals surface area contributed by atoms with Crippen molar-refractivity contribution in [3.63, 3.8) is 0 Å². The van der Waals surface area contributed by atoms with E-state index < -0.39 is 83.4 Å². The third-order valence-electron chi connectivity index (χ3n) is 12.5. The molecular formula is C43H63N3O10S. The lowest BCUT2D eigenvalue weighted by Crippen LogP contribution is -2.60. The summed E-state index contributed by atoms with van der Waals surface area (Å²) in [7, 11) is 5.25. The van der Waals surface area contributed by atoms with Crippen LogP contribution in [-0.4, -0.2) is 131 Å². The average molecular weight is 814 g/mol. The highest BCUT2D eigenvalue weighted by Gasteiger charge is 2.60. The molecule has 14 heteroatoms. The standard InChI is InChI=1S/C43H63N3O10S/c1-12-33-43(8)37(46(41(51)56-43)18-15-19-57-30-21-29-16-13-14-17-31(29)44-23-30)26(4)34(47)24(2)22-42(7,52-11)38(27(5)35(48)28(6)39(50)54-33)55-40-36(49)32(45(9)10)20-25(3)53-40/h13-14,16-17,21,23-28,32-33,36-38,40,49H,12,15,18-20,22H2,1-11H3/t24-,25-,26+,27+,28-,32+,33-,36-,37-,38-,40+,42-,43-/m1/s1. The molecule has 57 heavy (non-hydrogen) atoms. The number of rotatable bonds is 10. The SMILES string of the molecule is CC[C@H]1OC(=O)[C@H](C)C(=O)[C@H](C)[C@@H](O[C@@H]2O[C@H](C)C[C@H](N(C)C)[C@H]2O)[C@](C)(OC)C[C@@H](C)C(=O)[C@H](C)[C@H]2N(CCCSc3cnc4ccccc4c3)C(=O)O[C@]12C. The molecule has 2 aromatic rings. The molecule has 13 atom stereocenters. The molecule has 0 spiro atoms. The molecule has 1 aromatic heterocycles. The number of cyclic esters (lactones) is 1. The number of methoxy groups -OCH3 is 1. The number of esters is 1. The summed E-state index contributed by atoms with van der Waals surface area (Å²) in [4.78, 5) is 65.9. The van der Waals surface area contributed by atoms with Gasteiger partial charge in [-0.1, -0.05) is 45.9 Å². The van der Waals surface area contributed by atoms with Crippen LogP contribution in [0, 0.1) is 23.7 Å². The van der Waals surface area contributed by atoms with Crippen LogP contribution >= 0.6 is 11.8 Å². The van der Waals surface area contributed by atoms with Gasteiger partial charge in [-0.15, -0.1) is 11.8 Å². The fourth-order valence-electron chi connectivity index (χ4n) is 9.26. The maximum atomic E-state index is 14.7. The number of hydrogen-bond donors (Lipinski definition) is 1. The molecule has 13 nitrogen and oxygen atoms in total. The Bertz CT molecular complexity index is 1760. The van der Waals surface area contributed by atoms with E-state index in [-0.39, 0.29) is 30.8 Å². The fraction of sp³-hybridized carbons (Fsp3) is 0.698. The van der Waals surface area contributed by atoms with Gasteiger partial charge in [0, 0.05) is 53.9 Å². The van der Waals surface area contributed by atoms with Crippen LogP contribution in [0.3, 0.4) is 0 Å². The lowest BCUT2D eigenvalue weighted by atomic mass is 9.73. The number of aliphatic hydroxyl groups excluding tert-OH is 1. The van der Waals surface area contributed by atoms with Gasteiger partial charge in [-0.3, -0.25) is 19.4 Å². The number of ketones is 2. The van der Waals surface area contributed by atoms with Crippen molar-refractivity contribution >= 4 is 46.3 Å². The van der Waals surface area contributed by atoms with Gasteiger partial charge in [0.15, 0.2) is 17.7 Å². The molecule has 0 saturated carbocycles. The molecule has 5 rings (SSSR count). The molecule has 0 unspecified atom stereocenters. The number of nitrogens with zero attached hydrogens (tertiary/aromatic N) is 3. The Hall–Kier alpha value is -3.14. The quantitative estimate of drug-likeness (QED) is 0.131. The van der Waals surface area contributed by atoms with Crippen molar-refractivity contribution in [3.8, 4) is 0 Å².